The topological polar surface area (TPSA) is 15.6 Å². The molecule has 2 heteroatoms. The van der Waals surface area contributed by atoms with E-state index in [1.54, 1.807) is 0 Å². The number of aliphatic imine (C=N–C) groups is 1. The second-order valence-corrected chi connectivity index (χ2v) is 4.58. The third-order valence-electron chi connectivity index (χ3n) is 2.81. The van der Waals surface area contributed by atoms with Crippen LogP contribution in [0.25, 0.3) is 0 Å². The normalized spacial score (nSPS) is 10.8. The first-order valence-corrected chi connectivity index (χ1v) is 6.03. The van der Waals surface area contributed by atoms with Crippen LogP contribution in [0.5, 0.6) is 0 Å². The number of hydrogen-bond acceptors (Lipinski definition) is 2. The Labute approximate surface area is 109 Å². The van der Waals surface area contributed by atoms with Gasteiger partial charge in [-0.15, -0.1) is 0 Å². The second kappa shape index (κ2) is 5.50. The zero-order chi connectivity index (χ0) is 13.0. The Kier molecular flexibility index (Phi) is 3.78. The molecule has 0 aliphatic rings. The molecule has 0 spiro atoms. The summed E-state index contributed by atoms with van der Waals surface area (Å²) in [7, 11) is 4.07. The molecule has 0 saturated heterocycles. The van der Waals surface area contributed by atoms with Crippen LogP contribution in [0.4, 0.5) is 11.4 Å². The predicted octanol–water partition coefficient (Wildman–Crippen LogP) is 3.81. The van der Waals surface area contributed by atoms with Gasteiger partial charge >= 0.3 is 0 Å². The molecule has 0 heterocycles. The molecule has 0 unspecified atom stereocenters. The van der Waals surface area contributed by atoms with E-state index in [0.717, 1.165) is 11.3 Å². The predicted molar refractivity (Wildman–Crippen MR) is 79.2 cm³/mol. The number of hydrogen-bond donors (Lipinski definition) is 0. The van der Waals surface area contributed by atoms with Gasteiger partial charge in [0, 0.05) is 26.0 Å². The Bertz CT molecular complexity index is 522. The van der Waals surface area contributed by atoms with Crippen molar-refractivity contribution >= 4 is 17.6 Å². The zero-order valence-corrected chi connectivity index (χ0v) is 11.1. The SMILES string of the molecule is Cc1ccc(/N=C/c2ccc(N(C)C)cc2)cc1. The lowest BCUT2D eigenvalue weighted by atomic mass is 10.2. The van der Waals surface area contributed by atoms with E-state index in [-0.39, 0.29) is 0 Å². The summed E-state index contributed by atoms with van der Waals surface area (Å²) < 4.78 is 0. The molecule has 92 valence electrons. The van der Waals surface area contributed by atoms with Gasteiger partial charge in [0.15, 0.2) is 0 Å². The standard InChI is InChI=1S/C16H18N2/c1-13-4-8-15(9-5-13)17-12-14-6-10-16(11-7-14)18(2)3/h4-12H,1-3H3/b17-12+. The Morgan fingerprint density at radius 1 is 0.889 bits per heavy atom. The van der Waals surface area contributed by atoms with E-state index >= 15 is 0 Å². The molecule has 0 saturated carbocycles. The first-order chi connectivity index (χ1) is 8.65. The fourth-order valence-electron chi connectivity index (χ4n) is 1.64. The van der Waals surface area contributed by atoms with Crippen molar-refractivity contribution in [1.82, 2.24) is 0 Å². The maximum atomic E-state index is 4.45. The molecule has 0 aliphatic carbocycles. The highest BCUT2D eigenvalue weighted by Gasteiger charge is 1.94. The van der Waals surface area contributed by atoms with E-state index < -0.39 is 0 Å². The number of anilines is 1. The van der Waals surface area contributed by atoms with E-state index in [9.17, 15) is 0 Å². The average molecular weight is 238 g/mol. The number of rotatable bonds is 3. The first-order valence-electron chi connectivity index (χ1n) is 6.03. The van der Waals surface area contributed by atoms with Gasteiger partial charge in [-0.25, -0.2) is 0 Å². The van der Waals surface area contributed by atoms with E-state index in [1.165, 1.54) is 11.3 Å². The molecule has 0 aliphatic heterocycles. The maximum Gasteiger partial charge on any atom is 0.0630 e. The van der Waals surface area contributed by atoms with Gasteiger partial charge in [0.1, 0.15) is 0 Å². The summed E-state index contributed by atoms with van der Waals surface area (Å²) in [4.78, 5) is 6.54. The van der Waals surface area contributed by atoms with Crippen LogP contribution >= 0.6 is 0 Å². The molecule has 0 N–H and O–H groups in total. The van der Waals surface area contributed by atoms with E-state index in [2.05, 4.69) is 53.2 Å². The lowest BCUT2D eigenvalue weighted by molar-refractivity contribution is 1.13. The van der Waals surface area contributed by atoms with Crippen molar-refractivity contribution in [3.63, 3.8) is 0 Å². The van der Waals surface area contributed by atoms with E-state index in [0.29, 0.717) is 0 Å². The largest absolute Gasteiger partial charge is 0.378 e. The van der Waals surface area contributed by atoms with Gasteiger partial charge in [0.05, 0.1) is 5.69 Å². The van der Waals surface area contributed by atoms with Gasteiger partial charge < -0.3 is 4.90 Å². The van der Waals surface area contributed by atoms with Crippen molar-refractivity contribution in [2.75, 3.05) is 19.0 Å². The van der Waals surface area contributed by atoms with Gasteiger partial charge in [0.25, 0.3) is 0 Å². The van der Waals surface area contributed by atoms with Crippen LogP contribution in [0.3, 0.4) is 0 Å². The van der Waals surface area contributed by atoms with Crippen LogP contribution in [-0.2, 0) is 0 Å². The Balaban J connectivity index is 2.11. The quantitative estimate of drug-likeness (QED) is 0.742. The van der Waals surface area contributed by atoms with Crippen LogP contribution in [0, 0.1) is 6.92 Å². The highest BCUT2D eigenvalue weighted by molar-refractivity contribution is 5.82. The molecule has 0 fully saturated rings. The Morgan fingerprint density at radius 2 is 1.50 bits per heavy atom. The van der Waals surface area contributed by atoms with E-state index in [1.807, 2.05) is 32.4 Å². The third kappa shape index (κ3) is 3.20. The van der Waals surface area contributed by atoms with Crippen LogP contribution < -0.4 is 4.90 Å². The summed E-state index contributed by atoms with van der Waals surface area (Å²) in [5.74, 6) is 0. The summed E-state index contributed by atoms with van der Waals surface area (Å²) in [6.07, 6.45) is 1.89. The second-order valence-electron chi connectivity index (χ2n) is 4.58. The van der Waals surface area contributed by atoms with Crippen molar-refractivity contribution in [1.29, 1.82) is 0 Å². The highest BCUT2D eigenvalue weighted by atomic mass is 15.1. The molecule has 2 nitrogen and oxygen atoms in total. The minimum atomic E-state index is 0.984. The van der Waals surface area contributed by atoms with Crippen LogP contribution in [0.2, 0.25) is 0 Å². The molecule has 0 radical (unpaired) electrons. The molecule has 0 amide bonds. The Morgan fingerprint density at radius 3 is 2.06 bits per heavy atom. The summed E-state index contributed by atoms with van der Waals surface area (Å²) in [5.41, 5.74) is 4.55. The van der Waals surface area contributed by atoms with Crippen molar-refractivity contribution in [2.24, 2.45) is 4.99 Å². The lowest BCUT2D eigenvalue weighted by Gasteiger charge is -2.11. The number of aryl methyl sites for hydroxylation is 1. The minimum absolute atomic E-state index is 0.984. The number of nitrogens with zero attached hydrogens (tertiary/aromatic N) is 2. The van der Waals surface area contributed by atoms with Crippen LogP contribution in [0.15, 0.2) is 53.5 Å². The zero-order valence-electron chi connectivity index (χ0n) is 11.1. The summed E-state index contributed by atoms with van der Waals surface area (Å²) in [6.45, 7) is 2.08. The summed E-state index contributed by atoms with van der Waals surface area (Å²) >= 11 is 0. The van der Waals surface area contributed by atoms with Gasteiger partial charge in [-0.1, -0.05) is 29.8 Å². The smallest absolute Gasteiger partial charge is 0.0630 e. The Hall–Kier alpha value is -2.09. The fraction of sp³-hybridized carbons (Fsp3) is 0.188. The third-order valence-corrected chi connectivity index (χ3v) is 2.81. The van der Waals surface area contributed by atoms with Gasteiger partial charge in [-0.2, -0.15) is 0 Å². The highest BCUT2D eigenvalue weighted by Crippen LogP contribution is 2.14. The van der Waals surface area contributed by atoms with Crippen molar-refractivity contribution in [2.45, 2.75) is 6.92 Å². The summed E-state index contributed by atoms with van der Waals surface area (Å²) in [5, 5.41) is 0. The molecule has 0 bridgehead atoms. The molecule has 2 aromatic carbocycles. The van der Waals surface area contributed by atoms with Crippen molar-refractivity contribution < 1.29 is 0 Å². The van der Waals surface area contributed by atoms with Crippen LogP contribution in [0.1, 0.15) is 11.1 Å². The van der Waals surface area contributed by atoms with Gasteiger partial charge in [-0.3, -0.25) is 4.99 Å². The first kappa shape index (κ1) is 12.4. The molecule has 0 aromatic heterocycles. The monoisotopic (exact) mass is 238 g/mol. The van der Waals surface area contributed by atoms with Crippen LogP contribution in [-0.4, -0.2) is 20.3 Å². The molecule has 0 atom stereocenters. The molecular formula is C16H18N2. The lowest BCUT2D eigenvalue weighted by Crippen LogP contribution is -2.08. The molecule has 2 aromatic rings. The maximum absolute atomic E-state index is 4.45. The molecule has 2 rings (SSSR count). The van der Waals surface area contributed by atoms with Gasteiger partial charge in [0.2, 0.25) is 0 Å². The number of benzene rings is 2. The molecule has 18 heavy (non-hydrogen) atoms. The van der Waals surface area contributed by atoms with Crippen molar-refractivity contribution in [3.05, 3.63) is 59.7 Å². The fourth-order valence-corrected chi connectivity index (χ4v) is 1.64. The molecular weight excluding hydrogens is 220 g/mol. The van der Waals surface area contributed by atoms with E-state index in [4.69, 9.17) is 0 Å². The average Bonchev–Trinajstić information content (AvgIpc) is 2.38. The van der Waals surface area contributed by atoms with Gasteiger partial charge in [-0.05, 0) is 36.8 Å². The summed E-state index contributed by atoms with van der Waals surface area (Å²) in [6, 6.07) is 16.5. The van der Waals surface area contributed by atoms with Crippen molar-refractivity contribution in [3.8, 4) is 0 Å². The minimum Gasteiger partial charge on any atom is -0.378 e.